The molecule has 2 amide bonds. The van der Waals surface area contributed by atoms with Crippen molar-refractivity contribution in [3.05, 3.63) is 71.3 Å². The molecule has 1 fully saturated rings. The Bertz CT molecular complexity index is 698. The number of carboxylic acid groups (broad SMARTS) is 1. The Morgan fingerprint density at radius 3 is 2.39 bits per heavy atom. The minimum Gasteiger partial charge on any atom is -0.465 e. The second-order valence-electron chi connectivity index (χ2n) is 5.69. The van der Waals surface area contributed by atoms with E-state index in [9.17, 15) is 9.59 Å². The standard InChI is InChI=1S/C18H18N2O3/c21-17(19-11-12-4-2-1-3-5-12)14-8-6-13(7-9-14)15-10-16(15)20-18(22)23/h1-9,15-16,20H,10-11H2,(H,19,21)(H,22,23). The summed E-state index contributed by atoms with van der Waals surface area (Å²) < 4.78 is 0. The molecule has 0 spiro atoms. The summed E-state index contributed by atoms with van der Waals surface area (Å²) in [6, 6.07) is 17.1. The van der Waals surface area contributed by atoms with Gasteiger partial charge in [-0.1, -0.05) is 42.5 Å². The van der Waals surface area contributed by atoms with Crippen LogP contribution < -0.4 is 10.6 Å². The third kappa shape index (κ3) is 3.88. The fourth-order valence-corrected chi connectivity index (χ4v) is 2.64. The number of amides is 2. The summed E-state index contributed by atoms with van der Waals surface area (Å²) in [5.41, 5.74) is 2.72. The van der Waals surface area contributed by atoms with Gasteiger partial charge in [0.15, 0.2) is 0 Å². The Balaban J connectivity index is 1.55. The maximum absolute atomic E-state index is 12.1. The third-order valence-electron chi connectivity index (χ3n) is 4.00. The Morgan fingerprint density at radius 1 is 1.04 bits per heavy atom. The first kappa shape index (κ1) is 15.1. The van der Waals surface area contributed by atoms with Crippen molar-refractivity contribution in [1.82, 2.24) is 10.6 Å². The Labute approximate surface area is 134 Å². The smallest absolute Gasteiger partial charge is 0.404 e. The summed E-state index contributed by atoms with van der Waals surface area (Å²) in [6.07, 6.45) is -0.180. The molecule has 3 rings (SSSR count). The van der Waals surface area contributed by atoms with E-state index in [4.69, 9.17) is 5.11 Å². The van der Waals surface area contributed by atoms with Crippen molar-refractivity contribution < 1.29 is 14.7 Å². The second kappa shape index (κ2) is 6.52. The van der Waals surface area contributed by atoms with E-state index < -0.39 is 6.09 Å². The highest BCUT2D eigenvalue weighted by Gasteiger charge is 2.39. The maximum atomic E-state index is 12.1. The van der Waals surface area contributed by atoms with Crippen molar-refractivity contribution in [1.29, 1.82) is 0 Å². The number of rotatable bonds is 5. The average molecular weight is 310 g/mol. The monoisotopic (exact) mass is 310 g/mol. The van der Waals surface area contributed by atoms with Crippen LogP contribution in [0, 0.1) is 0 Å². The third-order valence-corrected chi connectivity index (χ3v) is 4.00. The normalized spacial score (nSPS) is 19.0. The quantitative estimate of drug-likeness (QED) is 0.794. The molecule has 5 heteroatoms. The predicted molar refractivity (Wildman–Crippen MR) is 86.4 cm³/mol. The van der Waals surface area contributed by atoms with E-state index in [-0.39, 0.29) is 17.9 Å². The summed E-state index contributed by atoms with van der Waals surface area (Å²) in [5.74, 6) is 0.101. The summed E-state index contributed by atoms with van der Waals surface area (Å²) in [4.78, 5) is 22.7. The molecule has 0 bridgehead atoms. The van der Waals surface area contributed by atoms with Gasteiger partial charge in [0.05, 0.1) is 0 Å². The lowest BCUT2D eigenvalue weighted by Crippen LogP contribution is -2.24. The number of nitrogens with one attached hydrogen (secondary N) is 2. The Morgan fingerprint density at radius 2 is 1.74 bits per heavy atom. The molecule has 23 heavy (non-hydrogen) atoms. The van der Waals surface area contributed by atoms with Crippen molar-refractivity contribution in [3.8, 4) is 0 Å². The first-order valence-corrected chi connectivity index (χ1v) is 7.55. The fraction of sp³-hybridized carbons (Fsp3) is 0.222. The van der Waals surface area contributed by atoms with E-state index in [0.717, 1.165) is 17.5 Å². The van der Waals surface area contributed by atoms with E-state index in [0.29, 0.717) is 12.1 Å². The van der Waals surface area contributed by atoms with Crippen LogP contribution >= 0.6 is 0 Å². The molecule has 0 saturated heterocycles. The zero-order valence-corrected chi connectivity index (χ0v) is 12.5. The van der Waals surface area contributed by atoms with Crippen LogP contribution in [-0.4, -0.2) is 23.1 Å². The lowest BCUT2D eigenvalue weighted by atomic mass is 10.1. The van der Waals surface area contributed by atoms with Gasteiger partial charge >= 0.3 is 6.09 Å². The van der Waals surface area contributed by atoms with Crippen molar-refractivity contribution >= 4 is 12.0 Å². The fourth-order valence-electron chi connectivity index (χ4n) is 2.64. The van der Waals surface area contributed by atoms with Crippen LogP contribution in [0.3, 0.4) is 0 Å². The summed E-state index contributed by atoms with van der Waals surface area (Å²) in [5, 5.41) is 14.1. The first-order valence-electron chi connectivity index (χ1n) is 7.55. The summed E-state index contributed by atoms with van der Waals surface area (Å²) >= 11 is 0. The van der Waals surface area contributed by atoms with E-state index >= 15 is 0 Å². The molecular formula is C18H18N2O3. The number of hydrogen-bond acceptors (Lipinski definition) is 2. The number of carbonyl (C=O) groups is 2. The molecule has 0 heterocycles. The maximum Gasteiger partial charge on any atom is 0.404 e. The molecule has 2 aromatic rings. The molecule has 0 aromatic heterocycles. The van der Waals surface area contributed by atoms with Crippen LogP contribution in [0.15, 0.2) is 54.6 Å². The van der Waals surface area contributed by atoms with Gasteiger partial charge in [0.25, 0.3) is 5.91 Å². The van der Waals surface area contributed by atoms with Crippen LogP contribution in [0.5, 0.6) is 0 Å². The van der Waals surface area contributed by atoms with Gasteiger partial charge in [-0.3, -0.25) is 4.79 Å². The van der Waals surface area contributed by atoms with Crippen LogP contribution in [0.25, 0.3) is 0 Å². The predicted octanol–water partition coefficient (Wildman–Crippen LogP) is 2.74. The zero-order chi connectivity index (χ0) is 16.2. The molecule has 2 unspecified atom stereocenters. The van der Waals surface area contributed by atoms with Crippen LogP contribution in [0.2, 0.25) is 0 Å². The van der Waals surface area contributed by atoms with Crippen molar-refractivity contribution in [2.75, 3.05) is 0 Å². The van der Waals surface area contributed by atoms with Crippen molar-refractivity contribution in [2.45, 2.75) is 24.9 Å². The second-order valence-corrected chi connectivity index (χ2v) is 5.69. The molecule has 0 radical (unpaired) electrons. The molecule has 1 aliphatic rings. The molecule has 2 aromatic carbocycles. The lowest BCUT2D eigenvalue weighted by Gasteiger charge is -2.06. The van der Waals surface area contributed by atoms with Gasteiger partial charge in [0, 0.05) is 24.1 Å². The van der Waals surface area contributed by atoms with Crippen molar-refractivity contribution in [2.24, 2.45) is 0 Å². The van der Waals surface area contributed by atoms with Crippen LogP contribution in [0.4, 0.5) is 4.79 Å². The summed E-state index contributed by atoms with van der Waals surface area (Å²) in [7, 11) is 0. The van der Waals surface area contributed by atoms with Gasteiger partial charge in [-0.05, 0) is 29.7 Å². The molecule has 0 aliphatic heterocycles. The number of carbonyl (C=O) groups excluding carboxylic acids is 1. The lowest BCUT2D eigenvalue weighted by molar-refractivity contribution is 0.0951. The number of benzene rings is 2. The van der Waals surface area contributed by atoms with E-state index in [1.54, 1.807) is 12.1 Å². The molecule has 118 valence electrons. The SMILES string of the molecule is O=C(O)NC1CC1c1ccc(C(=O)NCc2ccccc2)cc1. The van der Waals surface area contributed by atoms with Gasteiger partial charge in [-0.25, -0.2) is 4.79 Å². The average Bonchev–Trinajstić information content (AvgIpc) is 3.32. The minimum absolute atomic E-state index is 0.00902. The molecular weight excluding hydrogens is 292 g/mol. The van der Waals surface area contributed by atoms with Gasteiger partial charge in [-0.2, -0.15) is 0 Å². The molecule has 1 saturated carbocycles. The largest absolute Gasteiger partial charge is 0.465 e. The molecule has 1 aliphatic carbocycles. The van der Waals surface area contributed by atoms with Crippen LogP contribution in [-0.2, 0) is 6.54 Å². The first-order chi connectivity index (χ1) is 11.1. The molecule has 2 atom stereocenters. The highest BCUT2D eigenvalue weighted by atomic mass is 16.4. The highest BCUT2D eigenvalue weighted by Crippen LogP contribution is 2.40. The van der Waals surface area contributed by atoms with Gasteiger partial charge < -0.3 is 15.7 Å². The van der Waals surface area contributed by atoms with Gasteiger partial charge in [0.1, 0.15) is 0 Å². The van der Waals surface area contributed by atoms with E-state index in [1.807, 2.05) is 42.5 Å². The Hall–Kier alpha value is -2.82. The summed E-state index contributed by atoms with van der Waals surface area (Å²) in [6.45, 7) is 0.495. The van der Waals surface area contributed by atoms with Gasteiger partial charge in [-0.15, -0.1) is 0 Å². The molecule has 3 N–H and O–H groups in total. The topological polar surface area (TPSA) is 78.4 Å². The zero-order valence-electron chi connectivity index (χ0n) is 12.5. The number of hydrogen-bond donors (Lipinski definition) is 3. The minimum atomic E-state index is -0.991. The van der Waals surface area contributed by atoms with Crippen LogP contribution in [0.1, 0.15) is 33.8 Å². The molecule has 5 nitrogen and oxygen atoms in total. The Kier molecular flexibility index (Phi) is 4.28. The van der Waals surface area contributed by atoms with E-state index in [2.05, 4.69) is 10.6 Å². The van der Waals surface area contributed by atoms with Gasteiger partial charge in [0.2, 0.25) is 0 Å². The highest BCUT2D eigenvalue weighted by molar-refractivity contribution is 5.94. The van der Waals surface area contributed by atoms with Crippen molar-refractivity contribution in [3.63, 3.8) is 0 Å². The van der Waals surface area contributed by atoms with E-state index in [1.165, 1.54) is 0 Å².